The molecule has 12 heavy (non-hydrogen) atoms. The molecule has 3 nitrogen and oxygen atoms in total. The maximum atomic E-state index is 10.0. The first-order chi connectivity index (χ1) is 5.31. The molecule has 0 aromatic carbocycles. The summed E-state index contributed by atoms with van der Waals surface area (Å²) < 4.78 is 4.51. The molecular weight excluding hydrogens is 182 g/mol. The van der Waals surface area contributed by atoms with Gasteiger partial charge in [-0.1, -0.05) is 20.8 Å². The van der Waals surface area contributed by atoms with Crippen LogP contribution in [0.2, 0.25) is 0 Å². The molecule has 1 saturated heterocycles. The van der Waals surface area contributed by atoms with E-state index in [-0.39, 0.29) is 43.7 Å². The van der Waals surface area contributed by atoms with Crippen LogP contribution in [0.25, 0.3) is 0 Å². The van der Waals surface area contributed by atoms with Gasteiger partial charge in [0.25, 0.3) is 0 Å². The van der Waals surface area contributed by atoms with E-state index in [1.165, 1.54) is 0 Å². The van der Waals surface area contributed by atoms with E-state index in [9.17, 15) is 4.79 Å². The molecule has 1 aliphatic heterocycles. The van der Waals surface area contributed by atoms with Gasteiger partial charge >= 0.3 is 5.97 Å². The van der Waals surface area contributed by atoms with Crippen molar-refractivity contribution in [1.29, 1.82) is 0 Å². The molecule has 76 valence electrons. The predicted molar refractivity (Wildman–Crippen MR) is 46.3 cm³/mol. The molecule has 0 aromatic heterocycles. The largest absolute Gasteiger partial charge is 0.466 e. The second kappa shape index (κ2) is 17.7. The summed E-state index contributed by atoms with van der Waals surface area (Å²) in [7, 11) is 0. The van der Waals surface area contributed by atoms with Gasteiger partial charge in [0.15, 0.2) is 0 Å². The number of carbonyl (C=O) groups excluding carboxylic acids is 1. The Kier molecular flexibility index (Phi) is 27.2. The van der Waals surface area contributed by atoms with E-state index in [1.807, 2.05) is 20.8 Å². The fraction of sp³-hybridized carbons (Fsp3) is 0.875. The Bertz CT molecular complexity index is 81.1. The number of esters is 1. The number of hydrogen-bond acceptors (Lipinski definition) is 3. The van der Waals surface area contributed by atoms with Crippen LogP contribution in [0.1, 0.15) is 33.6 Å². The monoisotopic (exact) mass is 201 g/mol. The predicted octanol–water partition coefficient (Wildman–Crippen LogP) is 1.31. The number of carbonyl (C=O) groups is 1. The summed E-state index contributed by atoms with van der Waals surface area (Å²) in [6, 6.07) is 0. The number of rotatable bonds is 0. The maximum Gasteiger partial charge on any atom is 0.305 e. The summed E-state index contributed by atoms with van der Waals surface area (Å²) in [6.07, 6.45) is 1.54. The van der Waals surface area contributed by atoms with Crippen molar-refractivity contribution in [2.45, 2.75) is 33.6 Å². The average molecular weight is 201 g/mol. The molecule has 0 amide bonds. The zero-order valence-electron chi connectivity index (χ0n) is 8.08. The van der Waals surface area contributed by atoms with Crippen molar-refractivity contribution < 1.29 is 47.3 Å². The van der Waals surface area contributed by atoms with E-state index < -0.39 is 0 Å². The first kappa shape index (κ1) is 18.5. The SMILES string of the molecule is CC.CCN.O=C1CCCO1.[Ar]. The summed E-state index contributed by atoms with van der Waals surface area (Å²) in [4.78, 5) is 10.0. The van der Waals surface area contributed by atoms with E-state index in [0.717, 1.165) is 13.0 Å². The van der Waals surface area contributed by atoms with Crippen LogP contribution in [0.4, 0.5) is 0 Å². The average Bonchev–Trinajstić information content (AvgIpc) is 2.46. The molecule has 4 heteroatoms. The van der Waals surface area contributed by atoms with Crippen molar-refractivity contribution in [2.75, 3.05) is 13.2 Å². The van der Waals surface area contributed by atoms with Crippen molar-refractivity contribution >= 4 is 5.97 Å². The molecule has 0 aliphatic carbocycles. The Morgan fingerprint density at radius 2 is 1.92 bits per heavy atom. The summed E-state index contributed by atoms with van der Waals surface area (Å²) in [6.45, 7) is 7.29. The van der Waals surface area contributed by atoms with Gasteiger partial charge < -0.3 is 10.5 Å². The number of ether oxygens (including phenoxy) is 1. The molecule has 0 aromatic rings. The van der Waals surface area contributed by atoms with Crippen LogP contribution in [0.3, 0.4) is 0 Å². The Morgan fingerprint density at radius 3 is 2.00 bits per heavy atom. The molecule has 0 radical (unpaired) electrons. The number of hydrogen-bond donors (Lipinski definition) is 1. The van der Waals surface area contributed by atoms with Gasteiger partial charge in [-0.25, -0.2) is 0 Å². The van der Waals surface area contributed by atoms with Gasteiger partial charge in [-0.05, 0) is 13.0 Å². The third kappa shape index (κ3) is 17.0. The minimum Gasteiger partial charge on any atom is -0.466 e. The molecule has 1 rings (SSSR count). The molecular formula is C8H19ArNO2. The minimum absolute atomic E-state index is 0. The maximum absolute atomic E-state index is 10.0. The molecule has 0 spiro atoms. The summed E-state index contributed by atoms with van der Waals surface area (Å²) in [5, 5.41) is 0. The normalized spacial score (nSPS) is 12.5. The molecule has 0 atom stereocenters. The van der Waals surface area contributed by atoms with E-state index in [1.54, 1.807) is 0 Å². The molecule has 2 N–H and O–H groups in total. The van der Waals surface area contributed by atoms with E-state index in [0.29, 0.717) is 13.0 Å². The number of nitrogens with two attached hydrogens (primary N) is 1. The van der Waals surface area contributed by atoms with Gasteiger partial charge in [-0.2, -0.15) is 0 Å². The Balaban J connectivity index is -0.000000119. The zero-order chi connectivity index (χ0) is 9.11. The van der Waals surface area contributed by atoms with Gasteiger partial charge in [0.2, 0.25) is 0 Å². The topological polar surface area (TPSA) is 52.3 Å². The summed E-state index contributed by atoms with van der Waals surface area (Å²) in [5.41, 5.74) is 4.85. The third-order valence-electron chi connectivity index (χ3n) is 0.788. The number of cyclic esters (lactones) is 1. The van der Waals surface area contributed by atoms with Crippen LogP contribution < -0.4 is 5.73 Å². The van der Waals surface area contributed by atoms with Crippen LogP contribution in [-0.2, 0) is 9.53 Å². The summed E-state index contributed by atoms with van der Waals surface area (Å²) in [5.74, 6) is -0.0463. The van der Waals surface area contributed by atoms with Crippen molar-refractivity contribution in [3.05, 3.63) is 0 Å². The molecule has 0 saturated carbocycles. The molecule has 1 aliphatic rings. The van der Waals surface area contributed by atoms with Gasteiger partial charge in [0, 0.05) is 44.2 Å². The third-order valence-corrected chi connectivity index (χ3v) is 0.788. The zero-order valence-corrected chi connectivity index (χ0v) is 8.78. The molecule has 0 bridgehead atoms. The quantitative estimate of drug-likeness (QED) is 0.601. The standard InChI is InChI=1S/C4H6O2.C2H7N.C2H6.Ar/c5-4-2-1-3-6-4;1-2-3;1-2;/h1-3H2;2-3H2,1H3;1-2H3;. The van der Waals surface area contributed by atoms with Crippen LogP contribution in [0.5, 0.6) is 0 Å². The smallest absolute Gasteiger partial charge is 0.305 e. The van der Waals surface area contributed by atoms with Crippen LogP contribution in [-0.4, -0.2) is 19.1 Å². The van der Waals surface area contributed by atoms with Crippen LogP contribution in [0, 0.1) is 37.7 Å². The van der Waals surface area contributed by atoms with Crippen molar-refractivity contribution in [3.8, 4) is 0 Å². The Labute approximate surface area is 105 Å². The van der Waals surface area contributed by atoms with E-state index in [2.05, 4.69) is 4.74 Å². The van der Waals surface area contributed by atoms with Crippen molar-refractivity contribution in [2.24, 2.45) is 5.73 Å². The Hall–Kier alpha value is 0.690. The fourth-order valence-corrected chi connectivity index (χ4v) is 0.475. The van der Waals surface area contributed by atoms with Gasteiger partial charge in [-0.3, -0.25) is 4.79 Å². The second-order valence-corrected chi connectivity index (χ2v) is 1.73. The first-order valence-corrected chi connectivity index (χ1v) is 4.17. The van der Waals surface area contributed by atoms with Crippen molar-refractivity contribution in [1.82, 2.24) is 0 Å². The van der Waals surface area contributed by atoms with E-state index in [4.69, 9.17) is 5.73 Å². The van der Waals surface area contributed by atoms with E-state index >= 15 is 0 Å². The summed E-state index contributed by atoms with van der Waals surface area (Å²) >= 11 is 0. The van der Waals surface area contributed by atoms with Crippen molar-refractivity contribution in [3.63, 3.8) is 0 Å². The van der Waals surface area contributed by atoms with Gasteiger partial charge in [-0.15, -0.1) is 0 Å². The van der Waals surface area contributed by atoms with Crippen LogP contribution >= 0.6 is 0 Å². The second-order valence-electron chi connectivity index (χ2n) is 1.73. The minimum atomic E-state index is -0.0463. The first-order valence-electron chi connectivity index (χ1n) is 4.17. The molecule has 0 unspecified atom stereocenters. The van der Waals surface area contributed by atoms with Gasteiger partial charge in [0.05, 0.1) is 6.61 Å². The van der Waals surface area contributed by atoms with Gasteiger partial charge in [0.1, 0.15) is 0 Å². The fourth-order valence-electron chi connectivity index (χ4n) is 0.475. The molecule has 1 heterocycles. The Morgan fingerprint density at radius 1 is 1.50 bits per heavy atom. The molecule has 1 fully saturated rings. The van der Waals surface area contributed by atoms with Crippen LogP contribution in [0.15, 0.2) is 0 Å².